The normalized spacial score (nSPS) is 22.7. The molecular formula is C22H26N2O3S2. The minimum Gasteiger partial charge on any atom is -0.348 e. The van der Waals surface area contributed by atoms with E-state index < -0.39 is 16.1 Å². The molecule has 2 heterocycles. The van der Waals surface area contributed by atoms with Crippen molar-refractivity contribution in [3.8, 4) is 0 Å². The highest BCUT2D eigenvalue weighted by Crippen LogP contribution is 2.36. The van der Waals surface area contributed by atoms with Crippen LogP contribution in [0.4, 0.5) is 0 Å². The molecule has 0 bridgehead atoms. The molecule has 1 N–H and O–H groups in total. The summed E-state index contributed by atoms with van der Waals surface area (Å²) in [6, 6.07) is 14.2. The molecule has 2 aromatic rings. The highest BCUT2D eigenvalue weighted by molar-refractivity contribution is 7.99. The van der Waals surface area contributed by atoms with Crippen LogP contribution in [0.1, 0.15) is 42.9 Å². The van der Waals surface area contributed by atoms with Crippen LogP contribution >= 0.6 is 11.8 Å². The third-order valence-corrected chi connectivity index (χ3v) is 8.70. The van der Waals surface area contributed by atoms with Crippen LogP contribution in [0.2, 0.25) is 0 Å². The van der Waals surface area contributed by atoms with Crippen molar-refractivity contribution < 1.29 is 13.2 Å². The second kappa shape index (κ2) is 8.50. The summed E-state index contributed by atoms with van der Waals surface area (Å²) in [6.45, 7) is 2.30. The summed E-state index contributed by atoms with van der Waals surface area (Å²) in [6.07, 6.45) is 3.04. The topological polar surface area (TPSA) is 66.5 Å². The van der Waals surface area contributed by atoms with Crippen LogP contribution in [0.25, 0.3) is 0 Å². The van der Waals surface area contributed by atoms with Gasteiger partial charge in [-0.2, -0.15) is 4.31 Å². The molecule has 5 nitrogen and oxygen atoms in total. The maximum absolute atomic E-state index is 13.2. The van der Waals surface area contributed by atoms with Gasteiger partial charge in [0.2, 0.25) is 15.9 Å². The predicted octanol–water partition coefficient (Wildman–Crippen LogP) is 3.89. The Morgan fingerprint density at radius 2 is 1.83 bits per heavy atom. The fraction of sp³-hybridized carbons (Fsp3) is 0.409. The van der Waals surface area contributed by atoms with Crippen LogP contribution < -0.4 is 5.32 Å². The Morgan fingerprint density at radius 1 is 1.07 bits per heavy atom. The van der Waals surface area contributed by atoms with Crippen molar-refractivity contribution in [1.29, 1.82) is 0 Å². The van der Waals surface area contributed by atoms with E-state index in [4.69, 9.17) is 0 Å². The van der Waals surface area contributed by atoms with Crippen molar-refractivity contribution in [2.45, 2.75) is 54.5 Å². The second-order valence-corrected chi connectivity index (χ2v) is 10.7. The van der Waals surface area contributed by atoms with Gasteiger partial charge < -0.3 is 5.32 Å². The number of piperidine rings is 1. The zero-order chi connectivity index (χ0) is 20.4. The number of fused-ring (bicyclic) bond motifs is 1. The third kappa shape index (κ3) is 4.22. The van der Waals surface area contributed by atoms with E-state index in [0.717, 1.165) is 36.1 Å². The molecule has 2 atom stereocenters. The summed E-state index contributed by atoms with van der Waals surface area (Å²) in [5.41, 5.74) is 2.13. The highest BCUT2D eigenvalue weighted by atomic mass is 32.2. The third-order valence-electron chi connectivity index (χ3n) is 5.66. The van der Waals surface area contributed by atoms with E-state index in [-0.39, 0.29) is 16.8 Å². The number of carbonyl (C=O) groups excluding carboxylic acids is 1. The molecule has 154 valence electrons. The quantitative estimate of drug-likeness (QED) is 0.799. The molecule has 0 radical (unpaired) electrons. The first kappa shape index (κ1) is 20.4. The van der Waals surface area contributed by atoms with Crippen molar-refractivity contribution in [2.24, 2.45) is 0 Å². The number of amides is 1. The Bertz CT molecular complexity index is 989. The smallest absolute Gasteiger partial charge is 0.243 e. The van der Waals surface area contributed by atoms with Crippen molar-refractivity contribution in [3.05, 3.63) is 59.7 Å². The van der Waals surface area contributed by atoms with Gasteiger partial charge in [-0.15, -0.1) is 11.8 Å². The van der Waals surface area contributed by atoms with E-state index in [1.54, 1.807) is 36.0 Å². The van der Waals surface area contributed by atoms with Crippen LogP contribution in [0.15, 0.2) is 58.3 Å². The number of aryl methyl sites for hydroxylation is 1. The van der Waals surface area contributed by atoms with Crippen LogP contribution in [0.3, 0.4) is 0 Å². The molecule has 7 heteroatoms. The van der Waals surface area contributed by atoms with Gasteiger partial charge in [-0.1, -0.05) is 42.3 Å². The molecule has 2 aliphatic heterocycles. The fourth-order valence-corrected chi connectivity index (χ4v) is 6.84. The summed E-state index contributed by atoms with van der Waals surface area (Å²) in [7, 11) is -3.71. The van der Waals surface area contributed by atoms with Gasteiger partial charge in [0.1, 0.15) is 6.04 Å². The Labute approximate surface area is 176 Å². The molecule has 29 heavy (non-hydrogen) atoms. The molecule has 1 amide bonds. The molecule has 4 rings (SSSR count). The van der Waals surface area contributed by atoms with Crippen molar-refractivity contribution in [3.63, 3.8) is 0 Å². The summed E-state index contributed by atoms with van der Waals surface area (Å²) in [5, 5.41) is 3.15. The van der Waals surface area contributed by atoms with Gasteiger partial charge in [0.05, 0.1) is 10.9 Å². The van der Waals surface area contributed by atoms with E-state index in [1.807, 2.05) is 25.1 Å². The first-order valence-corrected chi connectivity index (χ1v) is 12.5. The van der Waals surface area contributed by atoms with Gasteiger partial charge in [0.15, 0.2) is 0 Å². The van der Waals surface area contributed by atoms with Gasteiger partial charge in [0, 0.05) is 17.2 Å². The number of sulfonamides is 1. The molecule has 2 aliphatic rings. The maximum Gasteiger partial charge on any atom is 0.243 e. The standard InChI is InChI=1S/C22H26N2O3S2/c1-16-9-11-17(12-10-16)29(26,27)24-14-5-4-7-20(24)22(25)23-19-13-15-28-21-8-3-2-6-18(19)21/h2-3,6,8-12,19-20H,4-5,7,13-15H2,1H3,(H,23,25)/t19-,20-/m1/s1. The number of nitrogens with one attached hydrogen (secondary N) is 1. The van der Waals surface area contributed by atoms with E-state index in [2.05, 4.69) is 11.4 Å². The Balaban J connectivity index is 1.56. The number of benzene rings is 2. The molecule has 1 saturated heterocycles. The Hall–Kier alpha value is -1.83. The average molecular weight is 431 g/mol. The van der Waals surface area contributed by atoms with Crippen molar-refractivity contribution >= 4 is 27.7 Å². The molecule has 2 aromatic carbocycles. The number of thioether (sulfide) groups is 1. The lowest BCUT2D eigenvalue weighted by Crippen LogP contribution is -2.52. The van der Waals surface area contributed by atoms with Gasteiger partial charge in [-0.3, -0.25) is 4.79 Å². The summed E-state index contributed by atoms with van der Waals surface area (Å²) in [4.78, 5) is 14.6. The van der Waals surface area contributed by atoms with Gasteiger partial charge >= 0.3 is 0 Å². The summed E-state index contributed by atoms with van der Waals surface area (Å²) >= 11 is 1.80. The largest absolute Gasteiger partial charge is 0.348 e. The van der Waals surface area contributed by atoms with E-state index in [0.29, 0.717) is 13.0 Å². The maximum atomic E-state index is 13.2. The molecule has 0 spiro atoms. The molecule has 0 aromatic heterocycles. The van der Waals surface area contributed by atoms with Gasteiger partial charge in [-0.05, 0) is 49.9 Å². The fourth-order valence-electron chi connectivity index (χ4n) is 4.06. The Kier molecular flexibility index (Phi) is 5.99. The Morgan fingerprint density at radius 3 is 2.62 bits per heavy atom. The van der Waals surface area contributed by atoms with E-state index in [1.165, 1.54) is 9.20 Å². The van der Waals surface area contributed by atoms with E-state index >= 15 is 0 Å². The second-order valence-electron chi connectivity index (χ2n) is 7.68. The van der Waals surface area contributed by atoms with Crippen LogP contribution in [-0.4, -0.2) is 37.0 Å². The minimum atomic E-state index is -3.71. The van der Waals surface area contributed by atoms with Crippen LogP contribution in [0.5, 0.6) is 0 Å². The van der Waals surface area contributed by atoms with Gasteiger partial charge in [-0.25, -0.2) is 8.42 Å². The number of rotatable bonds is 4. The minimum absolute atomic E-state index is 0.0641. The SMILES string of the molecule is Cc1ccc(S(=O)(=O)N2CCCC[C@@H]2C(=O)N[C@@H]2CCSc3ccccc32)cc1. The first-order valence-electron chi connectivity index (χ1n) is 10.1. The van der Waals surface area contributed by atoms with E-state index in [9.17, 15) is 13.2 Å². The number of nitrogens with zero attached hydrogens (tertiary/aromatic N) is 1. The lowest BCUT2D eigenvalue weighted by molar-refractivity contribution is -0.126. The zero-order valence-corrected chi connectivity index (χ0v) is 18.1. The van der Waals surface area contributed by atoms with Crippen molar-refractivity contribution in [2.75, 3.05) is 12.3 Å². The number of hydrogen-bond acceptors (Lipinski definition) is 4. The molecule has 0 unspecified atom stereocenters. The molecular weight excluding hydrogens is 404 g/mol. The lowest BCUT2D eigenvalue weighted by atomic mass is 10.0. The van der Waals surface area contributed by atoms with Crippen LogP contribution in [0, 0.1) is 6.92 Å². The molecule has 1 fully saturated rings. The summed E-state index contributed by atoms with van der Waals surface area (Å²) in [5.74, 6) is 0.755. The summed E-state index contributed by atoms with van der Waals surface area (Å²) < 4.78 is 27.9. The number of carbonyl (C=O) groups is 1. The first-order chi connectivity index (χ1) is 14.0. The highest BCUT2D eigenvalue weighted by Gasteiger charge is 2.38. The zero-order valence-electron chi connectivity index (χ0n) is 16.5. The average Bonchev–Trinajstić information content (AvgIpc) is 2.74. The van der Waals surface area contributed by atoms with Crippen molar-refractivity contribution in [1.82, 2.24) is 9.62 Å². The predicted molar refractivity (Wildman–Crippen MR) is 115 cm³/mol. The lowest BCUT2D eigenvalue weighted by Gasteiger charge is -2.35. The van der Waals surface area contributed by atoms with Crippen LogP contribution in [-0.2, 0) is 14.8 Å². The number of hydrogen-bond donors (Lipinski definition) is 1. The molecule has 0 aliphatic carbocycles. The van der Waals surface area contributed by atoms with Gasteiger partial charge in [0.25, 0.3) is 0 Å². The molecule has 0 saturated carbocycles. The monoisotopic (exact) mass is 430 g/mol.